The first-order valence-electron chi connectivity index (χ1n) is 11.3. The minimum atomic E-state index is -0.443. The molecule has 1 aromatic heterocycles. The fraction of sp³-hybridized carbons (Fsp3) is 0.577. The lowest BCUT2D eigenvalue weighted by atomic mass is 9.75. The number of Topliss-reactive ketones (excluding diaryl/α,β-unsaturated/α-hetero) is 1. The highest BCUT2D eigenvalue weighted by Crippen LogP contribution is 2.40. The molecule has 1 heterocycles. The number of nitrogens with zero attached hydrogens (tertiary/aromatic N) is 1. The van der Waals surface area contributed by atoms with Gasteiger partial charge in [-0.15, -0.1) is 0 Å². The molecular formula is C26H37NO5. The summed E-state index contributed by atoms with van der Waals surface area (Å²) in [6.45, 7) is 13.8. The zero-order valence-electron chi connectivity index (χ0n) is 20.7. The average molecular weight is 444 g/mol. The van der Waals surface area contributed by atoms with E-state index in [0.717, 1.165) is 24.0 Å². The van der Waals surface area contributed by atoms with Gasteiger partial charge in [0.15, 0.2) is 5.78 Å². The van der Waals surface area contributed by atoms with Gasteiger partial charge in [-0.3, -0.25) is 9.59 Å². The fourth-order valence-electron chi connectivity index (χ4n) is 3.86. The van der Waals surface area contributed by atoms with E-state index in [0.29, 0.717) is 23.8 Å². The number of hydrogen-bond acceptors (Lipinski definition) is 6. The SMILES string of the molecule is CCC(C(=O)OC)c1coc(C(CC)(CC)c2ccc(OCC(=O)C(C)(C)C)c(C)c2)n1. The summed E-state index contributed by atoms with van der Waals surface area (Å²) >= 11 is 0. The van der Waals surface area contributed by atoms with Crippen LogP contribution in [0.1, 0.15) is 89.4 Å². The summed E-state index contributed by atoms with van der Waals surface area (Å²) in [5.41, 5.74) is 1.74. The van der Waals surface area contributed by atoms with E-state index in [-0.39, 0.29) is 18.4 Å². The van der Waals surface area contributed by atoms with Crippen LogP contribution in [0.15, 0.2) is 28.9 Å². The number of aromatic nitrogens is 1. The number of carbonyl (C=O) groups excluding carboxylic acids is 2. The summed E-state index contributed by atoms with van der Waals surface area (Å²) in [5.74, 6) is 0.587. The number of hydrogen-bond donors (Lipinski definition) is 0. The Morgan fingerprint density at radius 1 is 1.12 bits per heavy atom. The number of ketones is 1. The third kappa shape index (κ3) is 5.22. The van der Waals surface area contributed by atoms with Crippen LogP contribution in [0.2, 0.25) is 0 Å². The number of ether oxygens (including phenoxy) is 2. The van der Waals surface area contributed by atoms with Crippen LogP contribution < -0.4 is 4.74 Å². The van der Waals surface area contributed by atoms with Crippen LogP contribution in [0.25, 0.3) is 0 Å². The van der Waals surface area contributed by atoms with Gasteiger partial charge in [-0.25, -0.2) is 4.98 Å². The summed E-state index contributed by atoms with van der Waals surface area (Å²) in [5, 5.41) is 0. The second-order valence-electron chi connectivity index (χ2n) is 9.29. The Morgan fingerprint density at radius 3 is 2.28 bits per heavy atom. The third-order valence-electron chi connectivity index (χ3n) is 6.31. The second kappa shape index (κ2) is 10.3. The number of oxazole rings is 1. The van der Waals surface area contributed by atoms with Crippen LogP contribution in [-0.4, -0.2) is 30.5 Å². The topological polar surface area (TPSA) is 78.6 Å². The van der Waals surface area contributed by atoms with Crippen LogP contribution in [0.4, 0.5) is 0 Å². The van der Waals surface area contributed by atoms with Gasteiger partial charge in [0.2, 0.25) is 5.89 Å². The number of benzene rings is 1. The quantitative estimate of drug-likeness (QED) is 0.435. The molecule has 2 rings (SSSR count). The average Bonchev–Trinajstić information content (AvgIpc) is 3.24. The predicted molar refractivity (Wildman–Crippen MR) is 124 cm³/mol. The molecule has 0 amide bonds. The van der Waals surface area contributed by atoms with Gasteiger partial charge in [0, 0.05) is 5.41 Å². The highest BCUT2D eigenvalue weighted by Gasteiger charge is 2.37. The fourth-order valence-corrected chi connectivity index (χ4v) is 3.86. The Labute approximate surface area is 191 Å². The molecule has 176 valence electrons. The van der Waals surface area contributed by atoms with Gasteiger partial charge in [-0.05, 0) is 43.4 Å². The van der Waals surface area contributed by atoms with Crippen molar-refractivity contribution in [1.29, 1.82) is 0 Å². The van der Waals surface area contributed by atoms with Gasteiger partial charge >= 0.3 is 5.97 Å². The Hall–Kier alpha value is -2.63. The molecule has 0 N–H and O–H groups in total. The molecule has 0 fully saturated rings. The standard InChI is InChI=1S/C26H37NO5/c1-9-19(23(29)30-8)20-15-32-24(27-20)26(10-2,11-3)18-12-13-21(17(4)14-18)31-16-22(28)25(5,6)7/h12-15,19H,9-11,16H2,1-8H3. The molecule has 1 aromatic carbocycles. The van der Waals surface area contributed by atoms with E-state index in [9.17, 15) is 9.59 Å². The van der Waals surface area contributed by atoms with E-state index in [2.05, 4.69) is 19.9 Å². The smallest absolute Gasteiger partial charge is 0.314 e. The number of methoxy groups -OCH3 is 1. The molecule has 32 heavy (non-hydrogen) atoms. The maximum atomic E-state index is 12.2. The molecule has 0 radical (unpaired) electrons. The molecule has 2 aromatic rings. The zero-order chi connectivity index (χ0) is 24.1. The molecule has 1 unspecified atom stereocenters. The normalized spacial score (nSPS) is 13.0. The molecule has 0 bridgehead atoms. The summed E-state index contributed by atoms with van der Waals surface area (Å²) in [4.78, 5) is 29.1. The van der Waals surface area contributed by atoms with Gasteiger partial charge < -0.3 is 13.9 Å². The van der Waals surface area contributed by atoms with Crippen molar-refractivity contribution in [3.63, 3.8) is 0 Å². The molecule has 0 aliphatic rings. The van der Waals surface area contributed by atoms with Crippen molar-refractivity contribution >= 4 is 11.8 Å². The van der Waals surface area contributed by atoms with E-state index in [1.54, 1.807) is 6.26 Å². The molecule has 1 atom stereocenters. The Kier molecular flexibility index (Phi) is 8.27. The molecule has 0 aliphatic carbocycles. The van der Waals surface area contributed by atoms with Gasteiger partial charge in [0.1, 0.15) is 24.5 Å². The second-order valence-corrected chi connectivity index (χ2v) is 9.29. The van der Waals surface area contributed by atoms with E-state index in [4.69, 9.17) is 18.9 Å². The lowest BCUT2D eigenvalue weighted by Crippen LogP contribution is -2.28. The first kappa shape index (κ1) is 25.6. The Morgan fingerprint density at radius 2 is 1.78 bits per heavy atom. The van der Waals surface area contributed by atoms with Gasteiger partial charge in [0.05, 0.1) is 18.2 Å². The minimum Gasteiger partial charge on any atom is -0.486 e. The molecule has 0 spiro atoms. The van der Waals surface area contributed by atoms with Gasteiger partial charge in [-0.1, -0.05) is 53.7 Å². The highest BCUT2D eigenvalue weighted by molar-refractivity contribution is 5.85. The van der Waals surface area contributed by atoms with Crippen molar-refractivity contribution in [2.75, 3.05) is 13.7 Å². The number of rotatable bonds is 10. The molecule has 6 nitrogen and oxygen atoms in total. The van der Waals surface area contributed by atoms with Crippen molar-refractivity contribution in [2.45, 2.75) is 79.1 Å². The number of esters is 1. The molecular weight excluding hydrogens is 406 g/mol. The molecule has 6 heteroatoms. The maximum absolute atomic E-state index is 12.2. The van der Waals surface area contributed by atoms with Gasteiger partial charge in [-0.2, -0.15) is 0 Å². The van der Waals surface area contributed by atoms with Gasteiger partial charge in [0.25, 0.3) is 0 Å². The first-order valence-corrected chi connectivity index (χ1v) is 11.3. The predicted octanol–water partition coefficient (Wildman–Crippen LogP) is 5.75. The number of carbonyl (C=O) groups is 2. The summed E-state index contributed by atoms with van der Waals surface area (Å²) in [6.07, 6.45) is 3.71. The van der Waals surface area contributed by atoms with Crippen molar-refractivity contribution in [1.82, 2.24) is 4.98 Å². The molecule has 0 aliphatic heterocycles. The van der Waals surface area contributed by atoms with Crippen molar-refractivity contribution < 1.29 is 23.5 Å². The van der Waals surface area contributed by atoms with Crippen LogP contribution in [-0.2, 0) is 19.7 Å². The monoisotopic (exact) mass is 443 g/mol. The van der Waals surface area contributed by atoms with Crippen molar-refractivity contribution in [3.8, 4) is 5.75 Å². The molecule has 0 saturated carbocycles. The minimum absolute atomic E-state index is 0.0470. The van der Waals surface area contributed by atoms with E-state index in [1.165, 1.54) is 7.11 Å². The van der Waals surface area contributed by atoms with Crippen LogP contribution in [0.3, 0.4) is 0 Å². The molecule has 0 saturated heterocycles. The maximum Gasteiger partial charge on any atom is 0.314 e. The largest absolute Gasteiger partial charge is 0.486 e. The summed E-state index contributed by atoms with van der Waals surface area (Å²) < 4.78 is 16.7. The first-order chi connectivity index (χ1) is 15.0. The van der Waals surface area contributed by atoms with Crippen molar-refractivity contribution in [3.05, 3.63) is 47.2 Å². The van der Waals surface area contributed by atoms with E-state index < -0.39 is 16.7 Å². The highest BCUT2D eigenvalue weighted by atomic mass is 16.5. The third-order valence-corrected chi connectivity index (χ3v) is 6.31. The van der Waals surface area contributed by atoms with E-state index >= 15 is 0 Å². The lowest BCUT2D eigenvalue weighted by Gasteiger charge is -2.29. The zero-order valence-corrected chi connectivity index (χ0v) is 20.7. The Bertz CT molecular complexity index is 934. The summed E-state index contributed by atoms with van der Waals surface area (Å²) in [7, 11) is 1.38. The lowest BCUT2D eigenvalue weighted by molar-refractivity contribution is -0.142. The van der Waals surface area contributed by atoms with Crippen molar-refractivity contribution in [2.24, 2.45) is 5.41 Å². The van der Waals surface area contributed by atoms with Crippen LogP contribution >= 0.6 is 0 Å². The van der Waals surface area contributed by atoms with Crippen LogP contribution in [0, 0.1) is 12.3 Å². The summed E-state index contributed by atoms with van der Waals surface area (Å²) in [6, 6.07) is 6.00. The van der Waals surface area contributed by atoms with Crippen LogP contribution in [0.5, 0.6) is 5.75 Å². The number of aryl methyl sites for hydroxylation is 1. The van der Waals surface area contributed by atoms with E-state index in [1.807, 2.05) is 46.8 Å². The Balaban J connectivity index is 2.37.